The third-order valence-electron chi connectivity index (χ3n) is 4.41. The Bertz CT molecular complexity index is 726. The molecule has 0 fully saturated rings. The summed E-state index contributed by atoms with van der Waals surface area (Å²) in [6.45, 7) is 4.58. The maximum Gasteiger partial charge on any atom is 0.315 e. The summed E-state index contributed by atoms with van der Waals surface area (Å²) in [5, 5.41) is 10.2. The van der Waals surface area contributed by atoms with Crippen molar-refractivity contribution >= 4 is 6.03 Å². The van der Waals surface area contributed by atoms with Crippen molar-refractivity contribution in [3.05, 3.63) is 47.3 Å². The number of benzene rings is 1. The molecule has 6 heteroatoms. The third-order valence-corrected chi connectivity index (χ3v) is 4.41. The van der Waals surface area contributed by atoms with Gasteiger partial charge >= 0.3 is 6.03 Å². The van der Waals surface area contributed by atoms with Crippen LogP contribution in [0.1, 0.15) is 49.0 Å². The first-order valence-electron chi connectivity index (χ1n) is 8.38. The molecular weight excluding hydrogens is 304 g/mol. The van der Waals surface area contributed by atoms with Crippen LogP contribution in [0, 0.1) is 0 Å². The molecule has 0 saturated heterocycles. The van der Waals surface area contributed by atoms with Crippen molar-refractivity contribution in [1.29, 1.82) is 0 Å². The van der Waals surface area contributed by atoms with Crippen LogP contribution in [0.4, 0.5) is 4.79 Å². The number of hydrogen-bond donors (Lipinski definition) is 2. The quantitative estimate of drug-likeness (QED) is 0.887. The van der Waals surface area contributed by atoms with E-state index in [2.05, 4.69) is 21.8 Å². The van der Waals surface area contributed by atoms with Crippen LogP contribution >= 0.6 is 0 Å². The largest absolute Gasteiger partial charge is 0.494 e. The number of amides is 2. The molecule has 1 aromatic carbocycles. The van der Waals surface area contributed by atoms with Gasteiger partial charge in [-0.05, 0) is 43.9 Å². The second-order valence-corrected chi connectivity index (χ2v) is 6.14. The van der Waals surface area contributed by atoms with Crippen LogP contribution in [0.15, 0.2) is 30.6 Å². The van der Waals surface area contributed by atoms with Gasteiger partial charge in [-0.25, -0.2) is 4.79 Å². The van der Waals surface area contributed by atoms with Crippen molar-refractivity contribution in [2.45, 2.75) is 38.8 Å². The second-order valence-electron chi connectivity index (χ2n) is 6.14. The highest BCUT2D eigenvalue weighted by molar-refractivity contribution is 5.75. The van der Waals surface area contributed by atoms with Gasteiger partial charge in [0.1, 0.15) is 5.75 Å². The van der Waals surface area contributed by atoms with E-state index >= 15 is 0 Å². The fourth-order valence-electron chi connectivity index (χ4n) is 3.21. The SMILES string of the molecule is CCOc1cccc2c1CC[C@@H]2NC(=O)N[C@H](C)c1cnn(C)c1. The zero-order valence-electron chi connectivity index (χ0n) is 14.4. The molecule has 0 saturated carbocycles. The zero-order chi connectivity index (χ0) is 17.1. The molecule has 0 bridgehead atoms. The van der Waals surface area contributed by atoms with Crippen LogP contribution in [-0.2, 0) is 13.5 Å². The number of nitrogens with one attached hydrogen (secondary N) is 2. The molecule has 24 heavy (non-hydrogen) atoms. The van der Waals surface area contributed by atoms with Crippen molar-refractivity contribution in [2.24, 2.45) is 7.05 Å². The Labute approximate surface area is 142 Å². The van der Waals surface area contributed by atoms with E-state index in [1.54, 1.807) is 10.9 Å². The topological polar surface area (TPSA) is 68.2 Å². The number of rotatable bonds is 5. The van der Waals surface area contributed by atoms with E-state index in [-0.39, 0.29) is 18.1 Å². The van der Waals surface area contributed by atoms with E-state index in [0.717, 1.165) is 29.7 Å². The molecule has 0 spiro atoms. The standard InChI is InChI=1S/C18H24N4O2/c1-4-24-17-7-5-6-14-15(17)8-9-16(14)21-18(23)20-12(2)13-10-19-22(3)11-13/h5-7,10-12,16H,4,8-9H2,1-3H3,(H2,20,21,23)/t12-,16+/m1/s1. The summed E-state index contributed by atoms with van der Waals surface area (Å²) >= 11 is 0. The maximum atomic E-state index is 12.3. The summed E-state index contributed by atoms with van der Waals surface area (Å²) < 4.78 is 7.42. The molecule has 2 N–H and O–H groups in total. The van der Waals surface area contributed by atoms with Gasteiger partial charge in [-0.2, -0.15) is 5.10 Å². The van der Waals surface area contributed by atoms with Gasteiger partial charge in [-0.15, -0.1) is 0 Å². The zero-order valence-corrected chi connectivity index (χ0v) is 14.4. The average Bonchev–Trinajstić information content (AvgIpc) is 3.15. The molecule has 0 unspecified atom stereocenters. The number of ether oxygens (including phenoxy) is 1. The Morgan fingerprint density at radius 1 is 1.50 bits per heavy atom. The lowest BCUT2D eigenvalue weighted by molar-refractivity contribution is 0.234. The highest BCUT2D eigenvalue weighted by Crippen LogP contribution is 2.36. The molecule has 1 aliphatic carbocycles. The Morgan fingerprint density at radius 2 is 2.33 bits per heavy atom. The Morgan fingerprint density at radius 3 is 3.04 bits per heavy atom. The molecule has 2 atom stereocenters. The van der Waals surface area contributed by atoms with E-state index in [9.17, 15) is 4.79 Å². The second kappa shape index (κ2) is 6.95. The van der Waals surface area contributed by atoms with Gasteiger partial charge in [0, 0.05) is 18.8 Å². The third kappa shape index (κ3) is 3.37. The summed E-state index contributed by atoms with van der Waals surface area (Å²) in [5.74, 6) is 0.934. The van der Waals surface area contributed by atoms with Crippen LogP contribution in [0.5, 0.6) is 5.75 Å². The Hall–Kier alpha value is -2.50. The fourth-order valence-corrected chi connectivity index (χ4v) is 3.21. The Balaban J connectivity index is 1.64. The van der Waals surface area contributed by atoms with Gasteiger partial charge in [0.25, 0.3) is 0 Å². The van der Waals surface area contributed by atoms with Crippen molar-refractivity contribution < 1.29 is 9.53 Å². The summed E-state index contributed by atoms with van der Waals surface area (Å²) in [7, 11) is 1.86. The minimum atomic E-state index is -0.161. The summed E-state index contributed by atoms with van der Waals surface area (Å²) in [4.78, 5) is 12.3. The molecule has 0 aliphatic heterocycles. The van der Waals surface area contributed by atoms with E-state index < -0.39 is 0 Å². The number of hydrogen-bond acceptors (Lipinski definition) is 3. The molecule has 2 aromatic rings. The van der Waals surface area contributed by atoms with Crippen molar-refractivity contribution in [2.75, 3.05) is 6.61 Å². The van der Waals surface area contributed by atoms with Crippen LogP contribution < -0.4 is 15.4 Å². The predicted octanol–water partition coefficient (Wildman–Crippen LogP) is 2.87. The number of aryl methyl sites for hydroxylation is 1. The van der Waals surface area contributed by atoms with Crippen LogP contribution in [0.2, 0.25) is 0 Å². The number of carbonyl (C=O) groups excluding carboxylic acids is 1. The van der Waals surface area contributed by atoms with Crippen molar-refractivity contribution in [3.63, 3.8) is 0 Å². The minimum absolute atomic E-state index is 0.0292. The number of urea groups is 1. The number of carbonyl (C=O) groups is 1. The van der Waals surface area contributed by atoms with Crippen LogP contribution in [0.25, 0.3) is 0 Å². The van der Waals surface area contributed by atoms with Crippen molar-refractivity contribution in [1.82, 2.24) is 20.4 Å². The lowest BCUT2D eigenvalue weighted by Gasteiger charge is -2.18. The van der Waals surface area contributed by atoms with Gasteiger partial charge in [0.05, 0.1) is 24.9 Å². The van der Waals surface area contributed by atoms with Gasteiger partial charge in [0.15, 0.2) is 0 Å². The number of aromatic nitrogens is 2. The molecule has 128 valence electrons. The molecule has 6 nitrogen and oxygen atoms in total. The first kappa shape index (κ1) is 16.4. The molecule has 3 rings (SSSR count). The van der Waals surface area contributed by atoms with Gasteiger partial charge in [0.2, 0.25) is 0 Å². The van der Waals surface area contributed by atoms with E-state index in [4.69, 9.17) is 4.74 Å². The normalized spacial score (nSPS) is 17.2. The molecule has 1 aliphatic rings. The van der Waals surface area contributed by atoms with E-state index in [1.807, 2.05) is 39.2 Å². The highest BCUT2D eigenvalue weighted by atomic mass is 16.5. The summed E-state index contributed by atoms with van der Waals surface area (Å²) in [5.41, 5.74) is 3.35. The molecule has 2 amide bonds. The smallest absolute Gasteiger partial charge is 0.315 e. The molecule has 1 aromatic heterocycles. The average molecular weight is 328 g/mol. The molecule has 0 radical (unpaired) electrons. The van der Waals surface area contributed by atoms with E-state index in [1.165, 1.54) is 5.56 Å². The number of fused-ring (bicyclic) bond motifs is 1. The first-order chi connectivity index (χ1) is 11.6. The minimum Gasteiger partial charge on any atom is -0.494 e. The number of nitrogens with zero attached hydrogens (tertiary/aromatic N) is 2. The van der Waals surface area contributed by atoms with Crippen LogP contribution in [0.3, 0.4) is 0 Å². The molecule has 1 heterocycles. The summed E-state index contributed by atoms with van der Waals surface area (Å²) in [6.07, 6.45) is 5.50. The first-order valence-corrected chi connectivity index (χ1v) is 8.38. The lowest BCUT2D eigenvalue weighted by Crippen LogP contribution is -2.38. The van der Waals surface area contributed by atoms with Crippen molar-refractivity contribution in [3.8, 4) is 5.75 Å². The van der Waals surface area contributed by atoms with Gasteiger partial charge in [-0.1, -0.05) is 12.1 Å². The van der Waals surface area contributed by atoms with Gasteiger partial charge < -0.3 is 15.4 Å². The summed E-state index contributed by atoms with van der Waals surface area (Å²) in [6, 6.07) is 5.83. The predicted molar refractivity (Wildman–Crippen MR) is 92.0 cm³/mol. The Kier molecular flexibility index (Phi) is 4.74. The lowest BCUT2D eigenvalue weighted by atomic mass is 10.1. The molecular formula is C18H24N4O2. The maximum absolute atomic E-state index is 12.3. The van der Waals surface area contributed by atoms with Crippen LogP contribution in [-0.4, -0.2) is 22.4 Å². The van der Waals surface area contributed by atoms with Gasteiger partial charge in [-0.3, -0.25) is 4.68 Å². The van der Waals surface area contributed by atoms with E-state index in [0.29, 0.717) is 6.61 Å². The monoisotopic (exact) mass is 328 g/mol. The highest BCUT2D eigenvalue weighted by Gasteiger charge is 2.26. The fraction of sp³-hybridized carbons (Fsp3) is 0.444.